The van der Waals surface area contributed by atoms with Crippen LogP contribution >= 0.6 is 0 Å². The van der Waals surface area contributed by atoms with E-state index in [1.54, 1.807) is 0 Å². The topological polar surface area (TPSA) is 15.3 Å². The lowest BCUT2D eigenvalue weighted by molar-refractivity contribution is 0.517. The molecule has 0 aromatic carbocycles. The van der Waals surface area contributed by atoms with Gasteiger partial charge in [0.05, 0.1) is 11.9 Å². The van der Waals surface area contributed by atoms with Crippen molar-refractivity contribution in [1.82, 2.24) is 10.2 Å². The molecule has 2 heteroatoms. The molecule has 1 heterocycles. The molecule has 0 fully saturated rings. The van der Waals surface area contributed by atoms with Crippen molar-refractivity contribution in [2.75, 3.05) is 20.6 Å². The number of hydrogen-bond acceptors (Lipinski definition) is 2. The fourth-order valence-corrected chi connectivity index (χ4v) is 0.674. The predicted molar refractivity (Wildman–Crippen MR) is 37.6 cm³/mol. The van der Waals surface area contributed by atoms with E-state index in [-0.39, 0.29) is 0 Å². The van der Waals surface area contributed by atoms with Crippen LogP contribution in [0.3, 0.4) is 0 Å². The van der Waals surface area contributed by atoms with Crippen molar-refractivity contribution in [3.63, 3.8) is 0 Å². The standard InChI is InChI=1S/C7H11N2/c1-9(2)7-4-3-5-8-6-7/h3-4,8H,5H2,1-2H3. The van der Waals surface area contributed by atoms with E-state index < -0.39 is 0 Å². The highest BCUT2D eigenvalue weighted by atomic mass is 15.1. The van der Waals surface area contributed by atoms with Gasteiger partial charge in [0.15, 0.2) is 0 Å². The molecule has 0 atom stereocenters. The number of hydrogen-bond donors (Lipinski definition) is 1. The van der Waals surface area contributed by atoms with E-state index in [2.05, 4.69) is 23.7 Å². The van der Waals surface area contributed by atoms with Gasteiger partial charge in [-0.25, -0.2) is 0 Å². The molecule has 0 aromatic rings. The van der Waals surface area contributed by atoms with Crippen LogP contribution in [0.5, 0.6) is 0 Å². The van der Waals surface area contributed by atoms with E-state index in [1.165, 1.54) is 0 Å². The average Bonchev–Trinajstić information content (AvgIpc) is 1.90. The van der Waals surface area contributed by atoms with Gasteiger partial charge in [0.2, 0.25) is 0 Å². The SMILES string of the molecule is CN(C)C1=[C]NCC=C1. The Morgan fingerprint density at radius 3 is 2.78 bits per heavy atom. The summed E-state index contributed by atoms with van der Waals surface area (Å²) in [6.45, 7) is 0.900. The summed E-state index contributed by atoms with van der Waals surface area (Å²) in [5.41, 5.74) is 1.10. The minimum Gasteiger partial charge on any atom is -0.378 e. The largest absolute Gasteiger partial charge is 0.378 e. The molecule has 9 heavy (non-hydrogen) atoms. The average molecular weight is 123 g/mol. The summed E-state index contributed by atoms with van der Waals surface area (Å²) in [6.07, 6.45) is 7.15. The molecule has 0 aromatic heterocycles. The van der Waals surface area contributed by atoms with Crippen molar-refractivity contribution in [3.8, 4) is 0 Å². The summed E-state index contributed by atoms with van der Waals surface area (Å²) in [7, 11) is 4.00. The smallest absolute Gasteiger partial charge is 0.0837 e. The Kier molecular flexibility index (Phi) is 1.78. The van der Waals surface area contributed by atoms with E-state index >= 15 is 0 Å². The van der Waals surface area contributed by atoms with E-state index in [1.807, 2.05) is 19.0 Å². The zero-order valence-corrected chi connectivity index (χ0v) is 5.81. The summed E-state index contributed by atoms with van der Waals surface area (Å²) in [6, 6.07) is 0. The Morgan fingerprint density at radius 1 is 1.67 bits per heavy atom. The van der Waals surface area contributed by atoms with Crippen molar-refractivity contribution in [2.24, 2.45) is 0 Å². The Morgan fingerprint density at radius 2 is 2.44 bits per heavy atom. The zero-order valence-electron chi connectivity index (χ0n) is 5.81. The molecule has 0 saturated heterocycles. The Labute approximate surface area is 55.9 Å². The van der Waals surface area contributed by atoms with Crippen molar-refractivity contribution >= 4 is 0 Å². The van der Waals surface area contributed by atoms with Gasteiger partial charge in [0.25, 0.3) is 0 Å². The highest BCUT2D eigenvalue weighted by Crippen LogP contribution is 2.00. The number of likely N-dealkylation sites (N-methyl/N-ethyl adjacent to an activating group) is 1. The van der Waals surface area contributed by atoms with Gasteiger partial charge in [-0.2, -0.15) is 0 Å². The molecule has 2 nitrogen and oxygen atoms in total. The minimum absolute atomic E-state index is 0.900. The molecule has 1 aliphatic rings. The monoisotopic (exact) mass is 123 g/mol. The maximum atomic E-state index is 3.02. The molecule has 0 spiro atoms. The number of nitrogens with zero attached hydrogens (tertiary/aromatic N) is 1. The second kappa shape index (κ2) is 2.58. The van der Waals surface area contributed by atoms with E-state index in [0.717, 1.165) is 12.2 Å². The molecule has 1 N–H and O–H groups in total. The van der Waals surface area contributed by atoms with Gasteiger partial charge in [-0.1, -0.05) is 6.08 Å². The highest BCUT2D eigenvalue weighted by molar-refractivity contribution is 5.16. The summed E-state index contributed by atoms with van der Waals surface area (Å²) >= 11 is 0. The first-order valence-corrected chi connectivity index (χ1v) is 3.00. The first-order chi connectivity index (χ1) is 4.30. The third-order valence-electron chi connectivity index (χ3n) is 1.19. The zero-order chi connectivity index (χ0) is 6.69. The number of rotatable bonds is 1. The Balaban J connectivity index is 2.58. The van der Waals surface area contributed by atoms with Crippen LogP contribution in [0.2, 0.25) is 0 Å². The highest BCUT2D eigenvalue weighted by Gasteiger charge is 1.96. The molecule has 49 valence electrons. The normalized spacial score (nSPS) is 16.4. The molecular formula is C7H11N2. The van der Waals surface area contributed by atoms with Gasteiger partial charge in [-0.15, -0.1) is 0 Å². The molecule has 0 aliphatic carbocycles. The summed E-state index contributed by atoms with van der Waals surface area (Å²) in [5.74, 6) is 0. The molecule has 1 rings (SSSR count). The Hall–Kier alpha value is -0.920. The summed E-state index contributed by atoms with van der Waals surface area (Å²) < 4.78 is 0. The first-order valence-electron chi connectivity index (χ1n) is 3.00. The van der Waals surface area contributed by atoms with E-state index in [0.29, 0.717) is 0 Å². The van der Waals surface area contributed by atoms with Crippen LogP contribution in [0.25, 0.3) is 0 Å². The van der Waals surface area contributed by atoms with Crippen molar-refractivity contribution in [3.05, 3.63) is 24.0 Å². The van der Waals surface area contributed by atoms with Crippen molar-refractivity contribution < 1.29 is 0 Å². The minimum atomic E-state index is 0.900. The van der Waals surface area contributed by atoms with Crippen LogP contribution in [0.1, 0.15) is 0 Å². The van der Waals surface area contributed by atoms with Gasteiger partial charge >= 0.3 is 0 Å². The fraction of sp³-hybridized carbons (Fsp3) is 0.429. The lowest BCUT2D eigenvalue weighted by Gasteiger charge is -2.15. The van der Waals surface area contributed by atoms with Crippen LogP contribution in [0, 0.1) is 6.20 Å². The quantitative estimate of drug-likeness (QED) is 0.541. The predicted octanol–water partition coefficient (Wildman–Crippen LogP) is 0.352. The van der Waals surface area contributed by atoms with Gasteiger partial charge in [-0.05, 0) is 6.08 Å². The molecule has 1 aliphatic heterocycles. The molecule has 0 saturated carbocycles. The molecule has 0 bridgehead atoms. The third kappa shape index (κ3) is 1.49. The second-order valence-corrected chi connectivity index (χ2v) is 2.19. The maximum absolute atomic E-state index is 3.02. The van der Waals surface area contributed by atoms with Crippen LogP contribution in [-0.4, -0.2) is 25.5 Å². The van der Waals surface area contributed by atoms with Gasteiger partial charge in [-0.3, -0.25) is 0 Å². The maximum Gasteiger partial charge on any atom is 0.0837 e. The molecular weight excluding hydrogens is 112 g/mol. The van der Waals surface area contributed by atoms with Gasteiger partial charge in [0, 0.05) is 20.6 Å². The number of dihydropyridines is 1. The van der Waals surface area contributed by atoms with E-state index in [4.69, 9.17) is 0 Å². The molecule has 0 amide bonds. The van der Waals surface area contributed by atoms with Crippen LogP contribution in [0.15, 0.2) is 17.8 Å². The van der Waals surface area contributed by atoms with Crippen LogP contribution < -0.4 is 5.32 Å². The molecule has 0 unspecified atom stereocenters. The van der Waals surface area contributed by atoms with Gasteiger partial charge < -0.3 is 10.2 Å². The van der Waals surface area contributed by atoms with Crippen molar-refractivity contribution in [2.45, 2.75) is 0 Å². The fourth-order valence-electron chi connectivity index (χ4n) is 0.674. The third-order valence-corrected chi connectivity index (χ3v) is 1.19. The van der Waals surface area contributed by atoms with E-state index in [9.17, 15) is 0 Å². The summed E-state index contributed by atoms with van der Waals surface area (Å²) in [5, 5.41) is 3.00. The summed E-state index contributed by atoms with van der Waals surface area (Å²) in [4.78, 5) is 2.02. The number of nitrogens with one attached hydrogen (secondary N) is 1. The van der Waals surface area contributed by atoms with Gasteiger partial charge in [0.1, 0.15) is 0 Å². The molecule has 1 radical (unpaired) electrons. The number of allylic oxidation sites excluding steroid dienone is 1. The van der Waals surface area contributed by atoms with Crippen LogP contribution in [0.4, 0.5) is 0 Å². The lowest BCUT2D eigenvalue weighted by atomic mass is 10.3. The first kappa shape index (κ1) is 6.20. The van der Waals surface area contributed by atoms with Crippen LogP contribution in [-0.2, 0) is 0 Å². The second-order valence-electron chi connectivity index (χ2n) is 2.19. The van der Waals surface area contributed by atoms with Crippen molar-refractivity contribution in [1.29, 1.82) is 0 Å². The lowest BCUT2D eigenvalue weighted by Crippen LogP contribution is -2.18. The Bertz CT molecular complexity index is 145.